The van der Waals surface area contributed by atoms with Gasteiger partial charge < -0.3 is 9.72 Å². The third-order valence-electron chi connectivity index (χ3n) is 4.85. The smallest absolute Gasteiger partial charge is 0.137 e. The van der Waals surface area contributed by atoms with Gasteiger partial charge in [-0.05, 0) is 24.1 Å². The molecule has 0 saturated carbocycles. The lowest BCUT2D eigenvalue weighted by Gasteiger charge is -2.27. The summed E-state index contributed by atoms with van der Waals surface area (Å²) in [6.45, 7) is 7.45. The normalized spacial score (nSPS) is 15.9. The first-order valence-electron chi connectivity index (χ1n) is 8.83. The first-order valence-corrected chi connectivity index (χ1v) is 8.83. The Labute approximate surface area is 143 Å². The summed E-state index contributed by atoms with van der Waals surface area (Å²) >= 11 is 0. The number of fused-ring (bicyclic) bond motifs is 1. The molecule has 4 nitrogen and oxygen atoms in total. The van der Waals surface area contributed by atoms with Crippen LogP contribution in [0.4, 0.5) is 0 Å². The van der Waals surface area contributed by atoms with E-state index in [1.54, 1.807) is 0 Å². The van der Waals surface area contributed by atoms with Crippen molar-refractivity contribution in [3.05, 3.63) is 59.9 Å². The van der Waals surface area contributed by atoms with Crippen molar-refractivity contribution in [2.75, 3.05) is 26.2 Å². The van der Waals surface area contributed by atoms with Gasteiger partial charge in [-0.3, -0.25) is 4.90 Å². The number of piperazine rings is 1. The molecule has 1 fully saturated rings. The van der Waals surface area contributed by atoms with Gasteiger partial charge in [0, 0.05) is 44.5 Å². The molecule has 4 rings (SSSR count). The molecule has 3 heterocycles. The number of aromatic nitrogens is 2. The average molecular weight is 320 g/mol. The van der Waals surface area contributed by atoms with Crippen molar-refractivity contribution >= 4 is 5.65 Å². The number of rotatable bonds is 4. The van der Waals surface area contributed by atoms with Crippen molar-refractivity contribution < 1.29 is 0 Å². The lowest BCUT2D eigenvalue weighted by Crippen LogP contribution is -2.43. The lowest BCUT2D eigenvalue weighted by molar-refractivity contribution is 0.230. The molecule has 1 aromatic carbocycles. The second-order valence-electron chi connectivity index (χ2n) is 6.41. The summed E-state index contributed by atoms with van der Waals surface area (Å²) in [5.74, 6) is 0. The molecule has 1 aliphatic heterocycles. The second kappa shape index (κ2) is 6.75. The first kappa shape index (κ1) is 15.4. The quantitative estimate of drug-likeness (QED) is 0.802. The van der Waals surface area contributed by atoms with Crippen LogP contribution in [0.25, 0.3) is 16.9 Å². The molecule has 4 heteroatoms. The molecule has 0 bridgehead atoms. The summed E-state index contributed by atoms with van der Waals surface area (Å²) in [4.78, 5) is 7.44. The maximum absolute atomic E-state index is 4.92. The zero-order chi connectivity index (χ0) is 16.4. The molecule has 0 aliphatic carbocycles. The van der Waals surface area contributed by atoms with E-state index in [-0.39, 0.29) is 0 Å². The fourth-order valence-corrected chi connectivity index (χ4v) is 3.41. The summed E-state index contributed by atoms with van der Waals surface area (Å²) in [5, 5.41) is 3.43. The highest BCUT2D eigenvalue weighted by Gasteiger charge is 2.18. The maximum atomic E-state index is 4.92. The molecule has 0 spiro atoms. The summed E-state index contributed by atoms with van der Waals surface area (Å²) in [7, 11) is 0. The zero-order valence-corrected chi connectivity index (χ0v) is 14.2. The lowest BCUT2D eigenvalue weighted by atomic mass is 10.1. The van der Waals surface area contributed by atoms with E-state index in [2.05, 4.69) is 70.2 Å². The van der Waals surface area contributed by atoms with Crippen molar-refractivity contribution in [3.63, 3.8) is 0 Å². The Kier molecular flexibility index (Phi) is 4.32. The minimum Gasteiger partial charge on any atom is -0.314 e. The monoisotopic (exact) mass is 320 g/mol. The van der Waals surface area contributed by atoms with E-state index in [0.717, 1.165) is 50.5 Å². The molecule has 0 unspecified atom stereocenters. The molecule has 24 heavy (non-hydrogen) atoms. The van der Waals surface area contributed by atoms with Gasteiger partial charge in [0.25, 0.3) is 0 Å². The Balaban J connectivity index is 1.76. The van der Waals surface area contributed by atoms with E-state index in [1.165, 1.54) is 16.8 Å². The number of nitrogens with zero attached hydrogens (tertiary/aromatic N) is 3. The van der Waals surface area contributed by atoms with Crippen molar-refractivity contribution in [2.24, 2.45) is 0 Å². The number of hydrogen-bond acceptors (Lipinski definition) is 3. The molecular weight excluding hydrogens is 296 g/mol. The maximum Gasteiger partial charge on any atom is 0.137 e. The number of benzene rings is 1. The van der Waals surface area contributed by atoms with Crippen molar-refractivity contribution in [1.29, 1.82) is 0 Å². The van der Waals surface area contributed by atoms with Crippen LogP contribution in [0.2, 0.25) is 0 Å². The van der Waals surface area contributed by atoms with Crippen LogP contribution in [-0.2, 0) is 13.0 Å². The van der Waals surface area contributed by atoms with Gasteiger partial charge in [0.2, 0.25) is 0 Å². The Hall–Kier alpha value is -2.17. The standard InChI is InChI=1S/C20H24N4/c1-2-16-6-8-17(9-7-16)20-18(15-23-13-10-21-11-14-23)24-12-4-3-5-19(24)22-20/h3-9,12,21H,2,10-11,13-15H2,1H3. The third-order valence-corrected chi connectivity index (χ3v) is 4.85. The number of nitrogens with one attached hydrogen (secondary N) is 1. The van der Waals surface area contributed by atoms with Crippen LogP contribution in [0, 0.1) is 0 Å². The highest BCUT2D eigenvalue weighted by molar-refractivity contribution is 5.66. The fraction of sp³-hybridized carbons (Fsp3) is 0.350. The van der Waals surface area contributed by atoms with Crippen LogP contribution in [0.1, 0.15) is 18.2 Å². The topological polar surface area (TPSA) is 32.6 Å². The number of imidazole rings is 1. The van der Waals surface area contributed by atoms with Gasteiger partial charge in [0.15, 0.2) is 0 Å². The van der Waals surface area contributed by atoms with Gasteiger partial charge in [-0.15, -0.1) is 0 Å². The van der Waals surface area contributed by atoms with Crippen LogP contribution >= 0.6 is 0 Å². The highest BCUT2D eigenvalue weighted by atomic mass is 15.2. The van der Waals surface area contributed by atoms with Gasteiger partial charge >= 0.3 is 0 Å². The van der Waals surface area contributed by atoms with E-state index in [0.29, 0.717) is 0 Å². The molecule has 2 aromatic heterocycles. The van der Waals surface area contributed by atoms with Crippen LogP contribution in [-0.4, -0.2) is 40.5 Å². The Morgan fingerprint density at radius 3 is 2.58 bits per heavy atom. The Morgan fingerprint density at radius 2 is 1.83 bits per heavy atom. The predicted molar refractivity (Wildman–Crippen MR) is 98.2 cm³/mol. The number of aryl methyl sites for hydroxylation is 1. The van der Waals surface area contributed by atoms with Gasteiger partial charge in [-0.2, -0.15) is 0 Å². The molecule has 1 saturated heterocycles. The molecule has 0 amide bonds. The van der Waals surface area contributed by atoms with Crippen molar-refractivity contribution in [3.8, 4) is 11.3 Å². The van der Waals surface area contributed by atoms with Crippen molar-refractivity contribution in [1.82, 2.24) is 19.6 Å². The Morgan fingerprint density at radius 1 is 1.04 bits per heavy atom. The second-order valence-corrected chi connectivity index (χ2v) is 6.41. The molecule has 0 atom stereocenters. The van der Waals surface area contributed by atoms with Gasteiger partial charge in [0.1, 0.15) is 5.65 Å². The SMILES string of the molecule is CCc1ccc(-c2nc3ccccn3c2CN2CCNCC2)cc1. The summed E-state index contributed by atoms with van der Waals surface area (Å²) in [5.41, 5.74) is 6.00. The largest absolute Gasteiger partial charge is 0.314 e. The minimum atomic E-state index is 0.942. The summed E-state index contributed by atoms with van der Waals surface area (Å²) in [6, 6.07) is 15.1. The van der Waals surface area contributed by atoms with Crippen molar-refractivity contribution in [2.45, 2.75) is 19.9 Å². The van der Waals surface area contributed by atoms with Gasteiger partial charge in [0.05, 0.1) is 11.4 Å². The van der Waals surface area contributed by atoms with E-state index >= 15 is 0 Å². The van der Waals surface area contributed by atoms with Crippen LogP contribution in [0.5, 0.6) is 0 Å². The molecular formula is C20H24N4. The van der Waals surface area contributed by atoms with Gasteiger partial charge in [-0.25, -0.2) is 4.98 Å². The molecule has 3 aromatic rings. The molecule has 124 valence electrons. The average Bonchev–Trinajstić information content (AvgIpc) is 3.01. The number of hydrogen-bond donors (Lipinski definition) is 1. The van der Waals surface area contributed by atoms with E-state index in [1.807, 2.05) is 0 Å². The predicted octanol–water partition coefficient (Wildman–Crippen LogP) is 2.97. The van der Waals surface area contributed by atoms with E-state index in [9.17, 15) is 0 Å². The highest BCUT2D eigenvalue weighted by Crippen LogP contribution is 2.26. The fourth-order valence-electron chi connectivity index (χ4n) is 3.41. The van der Waals surface area contributed by atoms with Crippen LogP contribution < -0.4 is 5.32 Å². The molecule has 1 N–H and O–H groups in total. The number of pyridine rings is 1. The third kappa shape index (κ3) is 2.95. The zero-order valence-electron chi connectivity index (χ0n) is 14.2. The molecule has 0 radical (unpaired) electrons. The van der Waals surface area contributed by atoms with E-state index in [4.69, 9.17) is 4.98 Å². The van der Waals surface area contributed by atoms with Crippen LogP contribution in [0.3, 0.4) is 0 Å². The Bertz CT molecular complexity index is 813. The van der Waals surface area contributed by atoms with Crippen LogP contribution in [0.15, 0.2) is 48.7 Å². The van der Waals surface area contributed by atoms with E-state index < -0.39 is 0 Å². The molecule has 1 aliphatic rings. The summed E-state index contributed by atoms with van der Waals surface area (Å²) < 4.78 is 2.24. The first-order chi connectivity index (χ1) is 11.8. The van der Waals surface area contributed by atoms with Gasteiger partial charge in [-0.1, -0.05) is 37.3 Å². The summed E-state index contributed by atoms with van der Waals surface area (Å²) in [6.07, 6.45) is 3.20. The minimum absolute atomic E-state index is 0.942.